The van der Waals surface area contributed by atoms with Gasteiger partial charge in [0.05, 0.1) is 16.4 Å². The van der Waals surface area contributed by atoms with Crippen LogP contribution in [-0.4, -0.2) is 61.3 Å². The van der Waals surface area contributed by atoms with E-state index in [1.54, 1.807) is 0 Å². The lowest BCUT2D eigenvalue weighted by atomic mass is 9.85. The lowest BCUT2D eigenvalue weighted by Gasteiger charge is -2.28. The highest BCUT2D eigenvalue weighted by atomic mass is 32.2. The molecule has 0 spiro atoms. The Kier molecular flexibility index (Phi) is 5.28. The molecule has 0 aliphatic carbocycles. The largest absolute Gasteiger partial charge is 0.744 e. The van der Waals surface area contributed by atoms with Gasteiger partial charge in [-0.05, 0) is 0 Å². The molecular weight excluding hydrogens is 512 g/mol. The molecule has 1 aromatic carbocycles. The average Bonchev–Trinajstić information content (AvgIpc) is 3.24. The molecule has 1 aromatic rings. The molecule has 0 radical (unpaired) electrons. The van der Waals surface area contributed by atoms with Gasteiger partial charge in [-0.2, -0.15) is 17.2 Å². The van der Waals surface area contributed by atoms with Gasteiger partial charge in [-0.25, -0.2) is 17.2 Å². The first-order valence-electron chi connectivity index (χ1n) is 8.45. The maximum absolute atomic E-state index is 14.2. The molecule has 2 bridgehead atoms. The van der Waals surface area contributed by atoms with Gasteiger partial charge in [-0.3, -0.25) is 13.8 Å². The number of halogens is 4. The number of rotatable bonds is 4. The molecule has 0 N–H and O–H groups in total. The fraction of sp³-hybridized carbons (Fsp3) is 0.467. The molecule has 10 nitrogen and oxygen atoms in total. The number of hydrogen-bond acceptors (Lipinski definition) is 11. The van der Waals surface area contributed by atoms with E-state index >= 15 is 0 Å². The normalized spacial score (nSPS) is 32.2. The third kappa shape index (κ3) is 3.28. The van der Waals surface area contributed by atoms with Gasteiger partial charge in [-0.1, -0.05) is 0 Å². The number of esters is 2. The quantitative estimate of drug-likeness (QED) is 0.133. The summed E-state index contributed by atoms with van der Waals surface area (Å²) in [6.45, 7) is 1.01. The molecule has 3 fully saturated rings. The summed E-state index contributed by atoms with van der Waals surface area (Å²) in [4.78, 5) is 21.6. The van der Waals surface area contributed by atoms with E-state index in [0.29, 0.717) is 0 Å². The van der Waals surface area contributed by atoms with E-state index in [-0.39, 0.29) is 0 Å². The van der Waals surface area contributed by atoms with Gasteiger partial charge in [0, 0.05) is 6.92 Å². The van der Waals surface area contributed by atoms with Crippen molar-refractivity contribution in [2.75, 3.05) is 0 Å². The molecule has 3 aliphatic heterocycles. The summed E-state index contributed by atoms with van der Waals surface area (Å²) >= 11 is 0.892. The minimum Gasteiger partial charge on any atom is -0.744 e. The summed E-state index contributed by atoms with van der Waals surface area (Å²) in [6, 6.07) is 0. The van der Waals surface area contributed by atoms with E-state index in [0.717, 1.165) is 18.7 Å². The molecule has 3 saturated heterocycles. The second-order valence-corrected chi connectivity index (χ2v) is 11.4. The van der Waals surface area contributed by atoms with Crippen LogP contribution in [0.15, 0.2) is 4.90 Å². The first-order valence-corrected chi connectivity index (χ1v) is 12.3. The Bertz CT molecular complexity index is 1240. The smallest absolute Gasteiger partial charge is 0.317 e. The van der Waals surface area contributed by atoms with Crippen LogP contribution in [0.25, 0.3) is 0 Å². The summed E-state index contributed by atoms with van der Waals surface area (Å²) in [5, 5.41) is -3.56. The second-order valence-electron chi connectivity index (χ2n) is 6.97. The highest BCUT2D eigenvalue weighted by Gasteiger charge is 2.73. The van der Waals surface area contributed by atoms with Crippen LogP contribution in [0.4, 0.5) is 17.6 Å². The highest BCUT2D eigenvalue weighted by Crippen LogP contribution is 2.59. The summed E-state index contributed by atoms with van der Waals surface area (Å²) in [5.74, 6) is -16.5. The van der Waals surface area contributed by atoms with Crippen LogP contribution < -0.4 is 4.74 Å². The van der Waals surface area contributed by atoms with Gasteiger partial charge in [0.15, 0.2) is 11.6 Å². The minimum atomic E-state index is -5.99. The van der Waals surface area contributed by atoms with Crippen LogP contribution in [0.5, 0.6) is 5.75 Å². The molecule has 4 rings (SSSR count). The third-order valence-electron chi connectivity index (χ3n) is 5.11. The van der Waals surface area contributed by atoms with Gasteiger partial charge in [0.25, 0.3) is 10.1 Å². The van der Waals surface area contributed by atoms with Gasteiger partial charge < -0.3 is 14.0 Å². The number of carbonyl (C=O) groups excluding carboxylic acids is 2. The number of thioether (sulfide) groups is 1. The van der Waals surface area contributed by atoms with Crippen LogP contribution in [0.3, 0.4) is 0 Å². The van der Waals surface area contributed by atoms with E-state index < -0.39 is 100.0 Å². The fourth-order valence-electron chi connectivity index (χ4n) is 3.99. The maximum atomic E-state index is 14.2. The highest BCUT2D eigenvalue weighted by molar-refractivity contribution is 8.03. The summed E-state index contributed by atoms with van der Waals surface area (Å²) in [5.41, 5.74) is 0. The van der Waals surface area contributed by atoms with Gasteiger partial charge >= 0.3 is 11.9 Å². The first kappa shape index (κ1) is 23.2. The van der Waals surface area contributed by atoms with Crippen molar-refractivity contribution in [2.45, 2.75) is 39.8 Å². The number of ether oxygens (including phenoxy) is 2. The number of benzene rings is 1. The topological polar surface area (TPSA) is 153 Å². The molecule has 0 amide bonds. The first-order chi connectivity index (χ1) is 14.7. The summed E-state index contributed by atoms with van der Waals surface area (Å²) in [7, 11) is -10.4. The molecule has 0 saturated carbocycles. The molecule has 176 valence electrons. The average molecular weight is 521 g/mol. The number of fused-ring (bicyclic) bond motifs is 1. The molecule has 6 atom stereocenters. The number of carbonyl (C=O) groups is 2. The number of hydrogen-bond donors (Lipinski definition) is 0. The fourth-order valence-corrected chi connectivity index (χ4v) is 9.04. The minimum absolute atomic E-state index is 0.838. The van der Waals surface area contributed by atoms with E-state index in [1.807, 2.05) is 0 Å². The molecular formula is C15H9F4O10S3-. The monoisotopic (exact) mass is 521 g/mol. The van der Waals surface area contributed by atoms with E-state index in [2.05, 4.69) is 4.74 Å². The van der Waals surface area contributed by atoms with E-state index in [1.165, 1.54) is 0 Å². The lowest BCUT2D eigenvalue weighted by Crippen LogP contribution is -2.50. The Balaban J connectivity index is 1.73. The van der Waals surface area contributed by atoms with Crippen LogP contribution >= 0.6 is 11.8 Å². The zero-order valence-corrected chi connectivity index (χ0v) is 17.7. The molecule has 0 aromatic heterocycles. The van der Waals surface area contributed by atoms with Crippen molar-refractivity contribution in [2.24, 2.45) is 5.92 Å². The van der Waals surface area contributed by atoms with Crippen molar-refractivity contribution >= 4 is 43.9 Å². The van der Waals surface area contributed by atoms with Gasteiger partial charge in [-0.15, -0.1) is 11.8 Å². The van der Waals surface area contributed by atoms with E-state index in [9.17, 15) is 48.5 Å². The Morgan fingerprint density at radius 3 is 2.12 bits per heavy atom. The Morgan fingerprint density at radius 1 is 1.06 bits per heavy atom. The van der Waals surface area contributed by atoms with Crippen molar-refractivity contribution in [3.63, 3.8) is 0 Å². The SMILES string of the molecule is CC(=O)OC1C2OS(=O)(=O)C3C2SC1C3C(=O)Oc1c(F)c(F)c(S(=O)(=O)[O-])c(F)c1F. The van der Waals surface area contributed by atoms with Crippen LogP contribution in [-0.2, 0) is 38.7 Å². The van der Waals surface area contributed by atoms with Crippen molar-refractivity contribution in [3.05, 3.63) is 23.3 Å². The summed E-state index contributed by atoms with van der Waals surface area (Å²) in [6.07, 6.45) is -2.36. The van der Waals surface area contributed by atoms with Crippen molar-refractivity contribution < 1.29 is 62.2 Å². The Hall–Kier alpha value is -1.95. The van der Waals surface area contributed by atoms with Gasteiger partial charge in [0.1, 0.15) is 32.5 Å². The van der Waals surface area contributed by atoms with Gasteiger partial charge in [0.2, 0.25) is 17.4 Å². The van der Waals surface area contributed by atoms with Crippen molar-refractivity contribution in [1.82, 2.24) is 0 Å². The predicted octanol–water partition coefficient (Wildman–Crippen LogP) is 0.195. The second kappa shape index (κ2) is 7.28. The Morgan fingerprint density at radius 2 is 1.62 bits per heavy atom. The van der Waals surface area contributed by atoms with Crippen LogP contribution in [0.1, 0.15) is 6.92 Å². The molecule has 3 aliphatic rings. The third-order valence-corrected chi connectivity index (χ3v) is 9.63. The summed E-state index contributed by atoms with van der Waals surface area (Å²) < 4.78 is 128. The zero-order valence-electron chi connectivity index (χ0n) is 15.3. The van der Waals surface area contributed by atoms with Crippen molar-refractivity contribution in [1.29, 1.82) is 0 Å². The van der Waals surface area contributed by atoms with Crippen molar-refractivity contribution in [3.8, 4) is 5.75 Å². The Labute approximate surface area is 181 Å². The zero-order chi connectivity index (χ0) is 23.9. The molecule has 32 heavy (non-hydrogen) atoms. The standard InChI is InChI=1S/C15H10F4O10S3/c1-2(20)27-9-10-12-13(32(25,26)29-10)3(11(9)30-12)15(21)28-8-4(16)6(18)14(31(22,23)24)7(19)5(8)17/h3,9-13H,1H3,(H,22,23,24)/p-1. The predicted molar refractivity (Wildman–Crippen MR) is 91.7 cm³/mol. The molecule has 6 unspecified atom stereocenters. The van der Waals surface area contributed by atoms with E-state index in [4.69, 9.17) is 8.92 Å². The molecule has 17 heteroatoms. The lowest BCUT2D eigenvalue weighted by molar-refractivity contribution is -0.154. The maximum Gasteiger partial charge on any atom is 0.317 e. The van der Waals surface area contributed by atoms with Crippen LogP contribution in [0.2, 0.25) is 0 Å². The van der Waals surface area contributed by atoms with Crippen LogP contribution in [0, 0.1) is 29.2 Å². The molecule has 3 heterocycles.